The molecule has 1 aromatic carbocycles. The van der Waals surface area contributed by atoms with E-state index in [0.29, 0.717) is 23.8 Å². The highest BCUT2D eigenvalue weighted by atomic mass is 16.5. The number of ether oxygens (including phenoxy) is 2. The Labute approximate surface area is 149 Å². The number of morpholine rings is 1. The first-order valence-electron chi connectivity index (χ1n) is 9.42. The number of hydrogen-bond acceptors (Lipinski definition) is 4. The minimum atomic E-state index is 0.131. The lowest BCUT2D eigenvalue weighted by atomic mass is 10.0. The first kappa shape index (κ1) is 16.9. The number of carbonyl (C=O) groups is 1. The normalized spacial score (nSPS) is 32.6. The zero-order valence-electron chi connectivity index (χ0n) is 15.2. The van der Waals surface area contributed by atoms with Crippen molar-refractivity contribution in [1.82, 2.24) is 9.80 Å². The van der Waals surface area contributed by atoms with Gasteiger partial charge in [-0.25, -0.2) is 0 Å². The molecule has 2 saturated heterocycles. The van der Waals surface area contributed by atoms with Gasteiger partial charge in [-0.3, -0.25) is 9.69 Å². The van der Waals surface area contributed by atoms with Crippen LogP contribution in [0.25, 0.3) is 0 Å². The summed E-state index contributed by atoms with van der Waals surface area (Å²) in [6, 6.07) is 8.58. The topological polar surface area (TPSA) is 42.0 Å². The Bertz CT molecular complexity index is 629. The summed E-state index contributed by atoms with van der Waals surface area (Å²) in [5, 5.41) is 0. The Balaban J connectivity index is 1.39. The van der Waals surface area contributed by atoms with E-state index in [2.05, 4.69) is 22.8 Å². The Hall–Kier alpha value is -1.59. The van der Waals surface area contributed by atoms with E-state index in [0.717, 1.165) is 51.6 Å². The Kier molecular flexibility index (Phi) is 4.69. The van der Waals surface area contributed by atoms with Gasteiger partial charge in [0.05, 0.1) is 20.3 Å². The van der Waals surface area contributed by atoms with Gasteiger partial charge in [-0.1, -0.05) is 25.1 Å². The first-order valence-corrected chi connectivity index (χ1v) is 9.42. The summed E-state index contributed by atoms with van der Waals surface area (Å²) in [4.78, 5) is 17.6. The number of amides is 1. The monoisotopic (exact) mass is 344 g/mol. The molecule has 0 bridgehead atoms. The molecule has 5 nitrogen and oxygen atoms in total. The van der Waals surface area contributed by atoms with Crippen molar-refractivity contribution in [2.24, 2.45) is 11.8 Å². The fourth-order valence-electron chi connectivity index (χ4n) is 4.53. The van der Waals surface area contributed by atoms with Crippen LogP contribution >= 0.6 is 0 Å². The molecule has 0 N–H and O–H groups in total. The van der Waals surface area contributed by atoms with Crippen molar-refractivity contribution < 1.29 is 14.3 Å². The quantitative estimate of drug-likeness (QED) is 0.838. The molecule has 3 fully saturated rings. The van der Waals surface area contributed by atoms with Crippen LogP contribution in [0.1, 0.15) is 24.8 Å². The lowest BCUT2D eigenvalue weighted by molar-refractivity contribution is -0.131. The van der Waals surface area contributed by atoms with Gasteiger partial charge in [-0.05, 0) is 29.9 Å². The summed E-state index contributed by atoms with van der Waals surface area (Å²) in [6.45, 7) is 7.64. The SMILES string of the molecule is COc1ccccc1[C@@H]1C[C@@H]1C(=O)N1C[C@H](C)[C@@H](N2CCOCC2)C1. The van der Waals surface area contributed by atoms with Gasteiger partial charge in [-0.15, -0.1) is 0 Å². The molecule has 1 amide bonds. The van der Waals surface area contributed by atoms with E-state index in [4.69, 9.17) is 9.47 Å². The molecule has 0 spiro atoms. The molecule has 0 radical (unpaired) electrons. The second kappa shape index (κ2) is 6.96. The molecule has 4 atom stereocenters. The molecule has 2 aliphatic heterocycles. The van der Waals surface area contributed by atoms with Gasteiger partial charge in [0, 0.05) is 38.1 Å². The van der Waals surface area contributed by atoms with Crippen molar-refractivity contribution in [3.05, 3.63) is 29.8 Å². The van der Waals surface area contributed by atoms with Gasteiger partial charge in [0.15, 0.2) is 0 Å². The second-order valence-corrected chi connectivity index (χ2v) is 7.63. The molecule has 1 aromatic rings. The lowest BCUT2D eigenvalue weighted by Gasteiger charge is -2.34. The number of hydrogen-bond donors (Lipinski definition) is 0. The van der Waals surface area contributed by atoms with Gasteiger partial charge in [0.25, 0.3) is 0 Å². The minimum absolute atomic E-state index is 0.131. The lowest BCUT2D eigenvalue weighted by Crippen LogP contribution is -2.47. The average Bonchev–Trinajstić information content (AvgIpc) is 3.36. The fourth-order valence-corrected chi connectivity index (χ4v) is 4.53. The van der Waals surface area contributed by atoms with E-state index in [1.165, 1.54) is 5.56 Å². The third-order valence-electron chi connectivity index (χ3n) is 6.05. The number of para-hydroxylation sites is 1. The van der Waals surface area contributed by atoms with Crippen molar-refractivity contribution >= 4 is 5.91 Å². The molecule has 5 heteroatoms. The number of benzene rings is 1. The van der Waals surface area contributed by atoms with E-state index in [-0.39, 0.29) is 5.92 Å². The molecule has 136 valence electrons. The number of likely N-dealkylation sites (tertiary alicyclic amines) is 1. The molecular formula is C20H28N2O3. The van der Waals surface area contributed by atoms with Gasteiger partial charge in [0.2, 0.25) is 5.91 Å². The van der Waals surface area contributed by atoms with Crippen molar-refractivity contribution in [3.63, 3.8) is 0 Å². The Morgan fingerprint density at radius 1 is 1.20 bits per heavy atom. The molecule has 3 aliphatic rings. The summed E-state index contributed by atoms with van der Waals surface area (Å²) in [5.74, 6) is 2.22. The third-order valence-corrected chi connectivity index (χ3v) is 6.05. The predicted molar refractivity (Wildman–Crippen MR) is 95.8 cm³/mol. The molecule has 4 rings (SSSR count). The highest BCUT2D eigenvalue weighted by Gasteiger charge is 2.49. The van der Waals surface area contributed by atoms with Gasteiger partial charge >= 0.3 is 0 Å². The molecule has 0 unspecified atom stereocenters. The summed E-state index contributed by atoms with van der Waals surface area (Å²) in [7, 11) is 1.70. The first-order chi connectivity index (χ1) is 12.2. The summed E-state index contributed by atoms with van der Waals surface area (Å²) < 4.78 is 10.9. The van der Waals surface area contributed by atoms with E-state index < -0.39 is 0 Å². The van der Waals surface area contributed by atoms with Crippen molar-refractivity contribution in [2.75, 3.05) is 46.5 Å². The van der Waals surface area contributed by atoms with Crippen molar-refractivity contribution in [1.29, 1.82) is 0 Å². The smallest absolute Gasteiger partial charge is 0.226 e. The van der Waals surface area contributed by atoms with Crippen LogP contribution < -0.4 is 4.74 Å². The van der Waals surface area contributed by atoms with Crippen LogP contribution in [-0.4, -0.2) is 68.3 Å². The number of rotatable bonds is 4. The molecule has 25 heavy (non-hydrogen) atoms. The molecule has 1 saturated carbocycles. The zero-order valence-corrected chi connectivity index (χ0v) is 15.2. The minimum Gasteiger partial charge on any atom is -0.496 e. The molecular weight excluding hydrogens is 316 g/mol. The maximum absolute atomic E-state index is 13.0. The van der Waals surface area contributed by atoms with Crippen LogP contribution in [0, 0.1) is 11.8 Å². The number of nitrogens with zero attached hydrogens (tertiary/aromatic N) is 2. The Morgan fingerprint density at radius 2 is 1.96 bits per heavy atom. The van der Waals surface area contributed by atoms with E-state index in [9.17, 15) is 4.79 Å². The standard InChI is InChI=1S/C20H28N2O3/c1-14-12-22(13-18(14)21-7-9-25-10-8-21)20(23)17-11-16(17)15-5-3-4-6-19(15)24-2/h3-6,14,16-18H,7-13H2,1-2H3/t14-,16-,17-,18-/m0/s1. The van der Waals surface area contributed by atoms with E-state index in [1.807, 2.05) is 18.2 Å². The predicted octanol–water partition coefficient (Wildman–Crippen LogP) is 1.98. The van der Waals surface area contributed by atoms with Crippen molar-refractivity contribution in [3.8, 4) is 5.75 Å². The zero-order chi connectivity index (χ0) is 17.4. The Morgan fingerprint density at radius 3 is 2.72 bits per heavy atom. The molecule has 1 aliphatic carbocycles. The van der Waals surface area contributed by atoms with Crippen molar-refractivity contribution in [2.45, 2.75) is 25.3 Å². The van der Waals surface area contributed by atoms with Crippen LogP contribution in [0.4, 0.5) is 0 Å². The van der Waals surface area contributed by atoms with Crippen LogP contribution in [0.3, 0.4) is 0 Å². The number of methoxy groups -OCH3 is 1. The molecule has 2 heterocycles. The maximum atomic E-state index is 13.0. The van der Waals surface area contributed by atoms with Crippen LogP contribution in [0.15, 0.2) is 24.3 Å². The van der Waals surface area contributed by atoms with Crippen LogP contribution in [-0.2, 0) is 9.53 Å². The van der Waals surface area contributed by atoms with E-state index >= 15 is 0 Å². The third kappa shape index (κ3) is 3.27. The largest absolute Gasteiger partial charge is 0.496 e. The summed E-state index contributed by atoms with van der Waals surface area (Å²) >= 11 is 0. The molecule has 0 aromatic heterocycles. The average molecular weight is 344 g/mol. The number of carbonyl (C=O) groups excluding carboxylic acids is 1. The van der Waals surface area contributed by atoms with Gasteiger partial charge in [0.1, 0.15) is 5.75 Å². The highest BCUT2D eigenvalue weighted by molar-refractivity contribution is 5.83. The maximum Gasteiger partial charge on any atom is 0.226 e. The summed E-state index contributed by atoms with van der Waals surface area (Å²) in [5.41, 5.74) is 1.18. The summed E-state index contributed by atoms with van der Waals surface area (Å²) in [6.07, 6.45) is 0.951. The fraction of sp³-hybridized carbons (Fsp3) is 0.650. The van der Waals surface area contributed by atoms with Gasteiger partial charge < -0.3 is 14.4 Å². The van der Waals surface area contributed by atoms with Crippen LogP contribution in [0.2, 0.25) is 0 Å². The van der Waals surface area contributed by atoms with E-state index in [1.54, 1.807) is 7.11 Å². The van der Waals surface area contributed by atoms with Crippen LogP contribution in [0.5, 0.6) is 5.75 Å². The second-order valence-electron chi connectivity index (χ2n) is 7.63. The van der Waals surface area contributed by atoms with Gasteiger partial charge in [-0.2, -0.15) is 0 Å². The highest BCUT2D eigenvalue weighted by Crippen LogP contribution is 2.51.